The lowest BCUT2D eigenvalue weighted by Crippen LogP contribution is -2.42. The number of hydrogen-bond acceptors (Lipinski definition) is 3. The number of para-hydroxylation sites is 1. The van der Waals surface area contributed by atoms with Gasteiger partial charge in [-0.05, 0) is 17.5 Å². The van der Waals surface area contributed by atoms with Gasteiger partial charge in [0.25, 0.3) is 0 Å². The molecule has 2 amide bonds. The van der Waals surface area contributed by atoms with Crippen molar-refractivity contribution in [3.63, 3.8) is 0 Å². The summed E-state index contributed by atoms with van der Waals surface area (Å²) in [5, 5.41) is 11.8. The lowest BCUT2D eigenvalue weighted by atomic mass is 10.2. The first-order chi connectivity index (χ1) is 9.90. The molecule has 5 N–H and O–H groups in total. The van der Waals surface area contributed by atoms with Crippen molar-refractivity contribution in [1.29, 1.82) is 0 Å². The van der Waals surface area contributed by atoms with E-state index >= 15 is 0 Å². The average Bonchev–Trinajstić information content (AvgIpc) is 2.85. The molecule has 0 aliphatic rings. The summed E-state index contributed by atoms with van der Waals surface area (Å²) in [5.74, 6) is -2.55. The summed E-state index contributed by atoms with van der Waals surface area (Å²) in [6, 6.07) is 9.06. The Morgan fingerprint density at radius 1 is 1.29 bits per heavy atom. The summed E-state index contributed by atoms with van der Waals surface area (Å²) in [4.78, 5) is 34.2. The van der Waals surface area contributed by atoms with Crippen LogP contribution < -0.4 is 11.1 Å². The van der Waals surface area contributed by atoms with Crippen LogP contribution in [-0.4, -0.2) is 33.9 Å². The van der Waals surface area contributed by atoms with Crippen molar-refractivity contribution in [1.82, 2.24) is 10.3 Å². The van der Waals surface area contributed by atoms with Gasteiger partial charge in [0.1, 0.15) is 6.04 Å². The standard InChI is InChI=1S/C8H7N.C6H10N2O4/c1-2-4-8-7(3-1)5-6-9-8;1-3(9)8-4(6(11)12)2-5(7)10/h1-6,9H;4H,2H2,1H3,(H2,7,10)(H,8,9)(H,11,12). The van der Waals surface area contributed by atoms with Crippen LogP contribution in [0, 0.1) is 0 Å². The second-order valence-corrected chi connectivity index (χ2v) is 4.33. The number of H-pyrrole nitrogens is 1. The largest absolute Gasteiger partial charge is 0.480 e. The number of aromatic amines is 1. The maximum Gasteiger partial charge on any atom is 0.326 e. The zero-order chi connectivity index (χ0) is 15.8. The van der Waals surface area contributed by atoms with Gasteiger partial charge in [0.05, 0.1) is 6.42 Å². The maximum atomic E-state index is 10.4. The Labute approximate surface area is 121 Å². The lowest BCUT2D eigenvalue weighted by Gasteiger charge is -2.09. The number of aromatic nitrogens is 1. The van der Waals surface area contributed by atoms with E-state index in [4.69, 9.17) is 10.8 Å². The molecule has 7 heteroatoms. The van der Waals surface area contributed by atoms with E-state index in [9.17, 15) is 14.4 Å². The Kier molecular flexibility index (Phi) is 5.94. The number of nitrogens with one attached hydrogen (secondary N) is 2. The van der Waals surface area contributed by atoms with Crippen LogP contribution in [0.3, 0.4) is 0 Å². The number of carboxylic acids is 1. The number of aliphatic carboxylic acids is 1. The Bertz CT molecular complexity index is 590. The number of benzene rings is 1. The van der Waals surface area contributed by atoms with Crippen LogP contribution in [0.2, 0.25) is 0 Å². The molecule has 0 spiro atoms. The minimum absolute atomic E-state index is 0.394. The van der Waals surface area contributed by atoms with Crippen molar-refractivity contribution in [2.75, 3.05) is 0 Å². The molecular formula is C14H17N3O4. The van der Waals surface area contributed by atoms with Crippen LogP contribution in [0.25, 0.3) is 10.9 Å². The smallest absolute Gasteiger partial charge is 0.326 e. The maximum absolute atomic E-state index is 10.4. The van der Waals surface area contributed by atoms with E-state index in [0.29, 0.717) is 0 Å². The molecule has 1 heterocycles. The first kappa shape index (κ1) is 16.2. The van der Waals surface area contributed by atoms with Crippen LogP contribution in [0.1, 0.15) is 13.3 Å². The highest BCUT2D eigenvalue weighted by Gasteiger charge is 2.20. The van der Waals surface area contributed by atoms with Gasteiger partial charge in [0, 0.05) is 18.6 Å². The van der Waals surface area contributed by atoms with Crippen LogP contribution in [0.4, 0.5) is 0 Å². The zero-order valence-electron chi connectivity index (χ0n) is 11.5. The van der Waals surface area contributed by atoms with E-state index in [1.54, 1.807) is 0 Å². The second-order valence-electron chi connectivity index (χ2n) is 4.33. The monoisotopic (exact) mass is 291 g/mol. The summed E-state index contributed by atoms with van der Waals surface area (Å²) >= 11 is 0. The highest BCUT2D eigenvalue weighted by Crippen LogP contribution is 2.09. The first-order valence-corrected chi connectivity index (χ1v) is 6.20. The fraction of sp³-hybridized carbons (Fsp3) is 0.214. The number of carbonyl (C=O) groups is 3. The molecule has 0 aliphatic carbocycles. The number of rotatable bonds is 4. The average molecular weight is 291 g/mol. The van der Waals surface area contributed by atoms with E-state index in [-0.39, 0.29) is 0 Å². The fourth-order valence-corrected chi connectivity index (χ4v) is 1.64. The molecule has 0 fully saturated rings. The van der Waals surface area contributed by atoms with E-state index < -0.39 is 30.2 Å². The van der Waals surface area contributed by atoms with Crippen molar-refractivity contribution in [2.24, 2.45) is 5.73 Å². The zero-order valence-corrected chi connectivity index (χ0v) is 11.5. The third-order valence-electron chi connectivity index (χ3n) is 2.54. The molecule has 2 rings (SSSR count). The summed E-state index contributed by atoms with van der Waals surface area (Å²) in [6.07, 6.45) is 1.56. The molecule has 0 bridgehead atoms. The van der Waals surface area contributed by atoms with Crippen LogP contribution in [0.15, 0.2) is 36.5 Å². The number of nitrogens with two attached hydrogens (primary N) is 1. The van der Waals surface area contributed by atoms with Gasteiger partial charge in [-0.25, -0.2) is 4.79 Å². The Morgan fingerprint density at radius 3 is 2.48 bits per heavy atom. The fourth-order valence-electron chi connectivity index (χ4n) is 1.64. The van der Waals surface area contributed by atoms with Gasteiger partial charge in [-0.15, -0.1) is 0 Å². The number of carboxylic acid groups (broad SMARTS) is 1. The van der Waals surface area contributed by atoms with Crippen LogP contribution in [0.5, 0.6) is 0 Å². The van der Waals surface area contributed by atoms with Crippen molar-refractivity contribution >= 4 is 28.7 Å². The molecule has 0 saturated heterocycles. The SMILES string of the molecule is CC(=O)NC(CC(N)=O)C(=O)O.c1ccc2[nH]ccc2c1. The second kappa shape index (κ2) is 7.68. The van der Waals surface area contributed by atoms with Gasteiger partial charge < -0.3 is 21.1 Å². The number of primary amides is 1. The van der Waals surface area contributed by atoms with Gasteiger partial charge in [0.15, 0.2) is 0 Å². The van der Waals surface area contributed by atoms with E-state index in [0.717, 1.165) is 6.92 Å². The molecule has 1 aromatic heterocycles. The summed E-state index contributed by atoms with van der Waals surface area (Å²) in [7, 11) is 0. The van der Waals surface area contributed by atoms with E-state index in [1.807, 2.05) is 18.3 Å². The summed E-state index contributed by atoms with van der Waals surface area (Å²) < 4.78 is 0. The number of fused-ring (bicyclic) bond motifs is 1. The predicted molar refractivity (Wildman–Crippen MR) is 77.4 cm³/mol. The predicted octanol–water partition coefficient (Wildman–Crippen LogP) is 0.619. The van der Waals surface area contributed by atoms with Crippen molar-refractivity contribution < 1.29 is 19.5 Å². The molecule has 112 valence electrons. The van der Waals surface area contributed by atoms with Crippen LogP contribution in [-0.2, 0) is 14.4 Å². The topological polar surface area (TPSA) is 125 Å². The molecule has 1 unspecified atom stereocenters. The van der Waals surface area contributed by atoms with Crippen molar-refractivity contribution in [3.8, 4) is 0 Å². The quantitative estimate of drug-likeness (QED) is 0.658. The van der Waals surface area contributed by atoms with Gasteiger partial charge in [-0.2, -0.15) is 0 Å². The summed E-state index contributed by atoms with van der Waals surface area (Å²) in [6.45, 7) is 1.16. The Hall–Kier alpha value is -2.83. The van der Waals surface area contributed by atoms with E-state index in [1.165, 1.54) is 10.9 Å². The van der Waals surface area contributed by atoms with Gasteiger partial charge in [0.2, 0.25) is 11.8 Å². The minimum atomic E-state index is -1.27. The lowest BCUT2D eigenvalue weighted by molar-refractivity contribution is -0.143. The normalized spacial score (nSPS) is 11.1. The van der Waals surface area contributed by atoms with Crippen molar-refractivity contribution in [2.45, 2.75) is 19.4 Å². The molecule has 1 aromatic carbocycles. The van der Waals surface area contributed by atoms with Gasteiger partial charge in [-0.1, -0.05) is 18.2 Å². The van der Waals surface area contributed by atoms with Gasteiger partial charge >= 0.3 is 5.97 Å². The van der Waals surface area contributed by atoms with Gasteiger partial charge in [-0.3, -0.25) is 9.59 Å². The Balaban J connectivity index is 0.000000216. The van der Waals surface area contributed by atoms with Crippen LogP contribution >= 0.6 is 0 Å². The molecule has 0 saturated carbocycles. The van der Waals surface area contributed by atoms with Crippen molar-refractivity contribution in [3.05, 3.63) is 36.5 Å². The highest BCUT2D eigenvalue weighted by atomic mass is 16.4. The minimum Gasteiger partial charge on any atom is -0.480 e. The third kappa shape index (κ3) is 5.77. The number of hydrogen-bond donors (Lipinski definition) is 4. The molecule has 0 radical (unpaired) electrons. The third-order valence-corrected chi connectivity index (χ3v) is 2.54. The van der Waals surface area contributed by atoms with E-state index in [2.05, 4.69) is 28.5 Å². The Morgan fingerprint density at radius 2 is 1.95 bits per heavy atom. The molecule has 7 nitrogen and oxygen atoms in total. The molecular weight excluding hydrogens is 274 g/mol. The highest BCUT2D eigenvalue weighted by molar-refractivity contribution is 5.87. The number of amides is 2. The molecule has 2 aromatic rings. The molecule has 1 atom stereocenters. The molecule has 21 heavy (non-hydrogen) atoms. The first-order valence-electron chi connectivity index (χ1n) is 6.20. The molecule has 0 aliphatic heterocycles. The summed E-state index contributed by atoms with van der Waals surface area (Å²) in [5.41, 5.74) is 5.96. The number of carbonyl (C=O) groups excluding carboxylic acids is 2.